The highest BCUT2D eigenvalue weighted by Gasteiger charge is 2.46. The van der Waals surface area contributed by atoms with E-state index in [-0.39, 0.29) is 18.2 Å². The van der Waals surface area contributed by atoms with Gasteiger partial charge in [0.2, 0.25) is 11.8 Å². The van der Waals surface area contributed by atoms with Gasteiger partial charge in [-0.25, -0.2) is 4.79 Å². The molecule has 13 heteroatoms. The Morgan fingerprint density at radius 2 is 0.982 bits per heavy atom. The van der Waals surface area contributed by atoms with Crippen molar-refractivity contribution in [2.24, 2.45) is 5.92 Å². The second kappa shape index (κ2) is 33.5. The summed E-state index contributed by atoms with van der Waals surface area (Å²) in [6.45, 7) is 5.31. The van der Waals surface area contributed by atoms with Crippen molar-refractivity contribution in [1.82, 2.24) is 10.6 Å². The molecule has 2 amide bonds. The molecule has 334 valence electrons. The largest absolute Gasteiger partial charge is 0.481 e. The van der Waals surface area contributed by atoms with Gasteiger partial charge in [-0.2, -0.15) is 0 Å². The Labute approximate surface area is 343 Å². The van der Waals surface area contributed by atoms with Gasteiger partial charge >= 0.3 is 11.9 Å². The maximum absolute atomic E-state index is 13.9. The van der Waals surface area contributed by atoms with Crippen molar-refractivity contribution in [2.45, 2.75) is 243 Å². The van der Waals surface area contributed by atoms with Gasteiger partial charge in [-0.3, -0.25) is 14.4 Å². The molecule has 1 rings (SSSR count). The van der Waals surface area contributed by atoms with Gasteiger partial charge in [0.25, 0.3) is 0 Å². The Balaban J connectivity index is 2.88. The van der Waals surface area contributed by atoms with Gasteiger partial charge in [0.05, 0.1) is 12.7 Å². The Kier molecular flexibility index (Phi) is 31.0. The minimum Gasteiger partial charge on any atom is -0.481 e. The summed E-state index contributed by atoms with van der Waals surface area (Å²) < 4.78 is 11.2. The van der Waals surface area contributed by atoms with E-state index in [0.29, 0.717) is 12.8 Å². The number of aliphatic hydroxyl groups is 3. The molecule has 1 unspecified atom stereocenters. The number of carboxylic acid groups (broad SMARTS) is 2. The van der Waals surface area contributed by atoms with Crippen molar-refractivity contribution in [3.8, 4) is 0 Å². The second-order valence-corrected chi connectivity index (χ2v) is 16.5. The number of amides is 2. The molecule has 0 aliphatic carbocycles. The van der Waals surface area contributed by atoms with E-state index >= 15 is 0 Å². The molecule has 7 N–H and O–H groups in total. The topological polar surface area (TPSA) is 212 Å². The predicted molar refractivity (Wildman–Crippen MR) is 222 cm³/mol. The summed E-state index contributed by atoms with van der Waals surface area (Å²) in [5.74, 6) is -4.29. The normalized spacial score (nSPS) is 19.7. The molecule has 0 spiro atoms. The smallest absolute Gasteiger partial charge is 0.326 e. The molecular weight excluding hydrogens is 732 g/mol. The molecule has 0 bridgehead atoms. The first kappa shape index (κ1) is 52.7. The van der Waals surface area contributed by atoms with E-state index in [1.165, 1.54) is 110 Å². The Morgan fingerprint density at radius 3 is 1.35 bits per heavy atom. The first-order valence-corrected chi connectivity index (χ1v) is 22.8. The average molecular weight is 815 g/mol. The van der Waals surface area contributed by atoms with Crippen LogP contribution >= 0.6 is 0 Å². The molecule has 1 heterocycles. The summed E-state index contributed by atoms with van der Waals surface area (Å²) in [6.07, 6.45) is 22.5. The van der Waals surface area contributed by atoms with Gasteiger partial charge in [-0.05, 0) is 26.2 Å². The van der Waals surface area contributed by atoms with Crippen molar-refractivity contribution in [3.63, 3.8) is 0 Å². The summed E-state index contributed by atoms with van der Waals surface area (Å²) in [5.41, 5.74) is 0. The SMILES string of the molecule is CCCCCCCCCCCCCCC(CCCCCCCCCCCCCC)C(=O)N[C@@H](COC1O[C@H]([C@H](C)O)[C@@H](O)[C@@H]1O)C(=O)N[C@@H](CCC(=O)O)C(=O)O. The first-order chi connectivity index (χ1) is 27.4. The Bertz CT molecular complexity index is 1030. The molecular formula is C44H82N2O11. The van der Waals surface area contributed by atoms with Gasteiger partial charge in [0.1, 0.15) is 30.4 Å². The molecule has 7 atom stereocenters. The average Bonchev–Trinajstić information content (AvgIpc) is 3.46. The second-order valence-electron chi connectivity index (χ2n) is 16.5. The number of aliphatic carboxylic acids is 2. The highest BCUT2D eigenvalue weighted by Crippen LogP contribution is 2.25. The maximum Gasteiger partial charge on any atom is 0.326 e. The van der Waals surface area contributed by atoms with Crippen molar-refractivity contribution >= 4 is 23.8 Å². The van der Waals surface area contributed by atoms with E-state index in [4.69, 9.17) is 14.6 Å². The number of carbonyl (C=O) groups excluding carboxylic acids is 2. The molecule has 1 saturated heterocycles. The van der Waals surface area contributed by atoms with E-state index in [1.807, 2.05) is 0 Å². The lowest BCUT2D eigenvalue weighted by Crippen LogP contribution is -2.55. The first-order valence-electron chi connectivity index (χ1n) is 22.8. The van der Waals surface area contributed by atoms with Gasteiger partial charge in [-0.15, -0.1) is 0 Å². The zero-order valence-corrected chi connectivity index (χ0v) is 35.8. The van der Waals surface area contributed by atoms with E-state index in [0.717, 1.165) is 51.4 Å². The predicted octanol–water partition coefficient (Wildman–Crippen LogP) is 7.55. The number of hydrogen-bond donors (Lipinski definition) is 7. The summed E-state index contributed by atoms with van der Waals surface area (Å²) in [6, 6.07) is -2.94. The minimum absolute atomic E-state index is 0.364. The lowest BCUT2D eigenvalue weighted by molar-refractivity contribution is -0.181. The molecule has 0 saturated carbocycles. The lowest BCUT2D eigenvalue weighted by Gasteiger charge is -2.25. The third-order valence-electron chi connectivity index (χ3n) is 11.2. The molecule has 0 aromatic carbocycles. The minimum atomic E-state index is -1.55. The number of hydrogen-bond acceptors (Lipinski definition) is 9. The lowest BCUT2D eigenvalue weighted by atomic mass is 9.93. The number of unbranched alkanes of at least 4 members (excludes halogenated alkanes) is 22. The van der Waals surface area contributed by atoms with E-state index in [2.05, 4.69) is 24.5 Å². The fourth-order valence-electron chi connectivity index (χ4n) is 7.54. The zero-order valence-electron chi connectivity index (χ0n) is 35.8. The molecule has 13 nitrogen and oxygen atoms in total. The number of ether oxygens (including phenoxy) is 2. The molecule has 57 heavy (non-hydrogen) atoms. The van der Waals surface area contributed by atoms with Crippen LogP contribution in [0, 0.1) is 5.92 Å². The summed E-state index contributed by atoms with van der Waals surface area (Å²) >= 11 is 0. The van der Waals surface area contributed by atoms with Gasteiger partial charge in [0.15, 0.2) is 6.29 Å². The van der Waals surface area contributed by atoms with E-state index in [1.54, 1.807) is 0 Å². The molecule has 0 aromatic heterocycles. The summed E-state index contributed by atoms with van der Waals surface area (Å²) in [5, 5.41) is 54.6. The van der Waals surface area contributed by atoms with Crippen molar-refractivity contribution in [2.75, 3.05) is 6.61 Å². The summed E-state index contributed by atoms with van der Waals surface area (Å²) in [4.78, 5) is 50.5. The van der Waals surface area contributed by atoms with Crippen molar-refractivity contribution in [1.29, 1.82) is 0 Å². The van der Waals surface area contributed by atoms with Crippen LogP contribution in [0.2, 0.25) is 0 Å². The van der Waals surface area contributed by atoms with Crippen LogP contribution in [0.25, 0.3) is 0 Å². The van der Waals surface area contributed by atoms with Crippen LogP contribution in [0.3, 0.4) is 0 Å². The van der Waals surface area contributed by atoms with Gasteiger partial charge in [-0.1, -0.05) is 168 Å². The van der Waals surface area contributed by atoms with Gasteiger partial charge < -0.3 is 45.6 Å². The van der Waals surface area contributed by atoms with Gasteiger partial charge in [0, 0.05) is 12.3 Å². The number of rotatable bonds is 38. The summed E-state index contributed by atoms with van der Waals surface area (Å²) in [7, 11) is 0. The van der Waals surface area contributed by atoms with Crippen LogP contribution in [0.1, 0.15) is 201 Å². The standard InChI is InChI=1S/C44H82N2O11/c1-4-6-8-10-12-14-16-18-20-22-24-26-28-34(29-27-25-23-21-19-17-15-13-11-9-7-5-2)41(52)46-36(42(53)45-35(43(54)55)30-31-37(48)49)32-56-44-39(51)38(50)40(57-44)33(3)47/h33-36,38-40,44,47,50-51H,4-32H2,1-3H3,(H,45,53)(H,46,52)(H,48,49)(H,54,55)/t33-,35-,36-,38-,39-,40+,44?/m0/s1. The van der Waals surface area contributed by atoms with Crippen molar-refractivity contribution in [3.05, 3.63) is 0 Å². The number of aliphatic hydroxyl groups excluding tert-OH is 3. The Morgan fingerprint density at radius 1 is 0.579 bits per heavy atom. The van der Waals surface area contributed by atoms with Crippen LogP contribution in [-0.2, 0) is 28.7 Å². The zero-order chi connectivity index (χ0) is 42.3. The molecule has 0 aromatic rings. The maximum atomic E-state index is 13.9. The molecule has 0 radical (unpaired) electrons. The monoisotopic (exact) mass is 815 g/mol. The third kappa shape index (κ3) is 25.0. The van der Waals surface area contributed by atoms with Crippen LogP contribution in [0.4, 0.5) is 0 Å². The number of nitrogens with one attached hydrogen (secondary N) is 2. The fraction of sp³-hybridized carbons (Fsp3) is 0.909. The Hall–Kier alpha value is -2.32. The quantitative estimate of drug-likeness (QED) is 0.0303. The van der Waals surface area contributed by atoms with Crippen LogP contribution < -0.4 is 10.6 Å². The van der Waals surface area contributed by atoms with E-state index < -0.39 is 73.7 Å². The number of carbonyl (C=O) groups is 4. The van der Waals surface area contributed by atoms with E-state index in [9.17, 15) is 39.6 Å². The fourth-order valence-corrected chi connectivity index (χ4v) is 7.54. The highest BCUT2D eigenvalue weighted by molar-refractivity contribution is 5.91. The number of carboxylic acids is 2. The van der Waals surface area contributed by atoms with Crippen molar-refractivity contribution < 1.29 is 54.2 Å². The molecule has 1 fully saturated rings. The van der Waals surface area contributed by atoms with Crippen LogP contribution in [0.5, 0.6) is 0 Å². The molecule has 1 aliphatic heterocycles. The van der Waals surface area contributed by atoms with Crippen LogP contribution in [-0.4, -0.2) is 98.7 Å². The van der Waals surface area contributed by atoms with Crippen LogP contribution in [0.15, 0.2) is 0 Å². The third-order valence-corrected chi connectivity index (χ3v) is 11.2. The highest BCUT2D eigenvalue weighted by atomic mass is 16.7. The molecule has 1 aliphatic rings.